The highest BCUT2D eigenvalue weighted by Gasteiger charge is 2.19. The zero-order chi connectivity index (χ0) is 23.1. The topological polar surface area (TPSA) is 84.8 Å². The van der Waals surface area contributed by atoms with Gasteiger partial charge in [-0.15, -0.1) is 0 Å². The molecule has 0 aliphatic heterocycles. The predicted octanol–water partition coefficient (Wildman–Crippen LogP) is 4.64. The van der Waals surface area contributed by atoms with E-state index < -0.39 is 30.7 Å². The molecular formula is C21H17F4N3O4. The number of nitrogens with zero attached hydrogens (tertiary/aromatic N) is 3. The Morgan fingerprint density at radius 1 is 0.906 bits per heavy atom. The zero-order valence-corrected chi connectivity index (χ0v) is 16.4. The fraction of sp³-hybridized carbons (Fsp3) is 0.190. The van der Waals surface area contributed by atoms with Crippen LogP contribution in [0.2, 0.25) is 0 Å². The molecule has 0 unspecified atom stereocenters. The number of aromatic nitrogens is 2. The number of hydrogen-bond acceptors (Lipinski definition) is 6. The maximum atomic E-state index is 12.9. The second kappa shape index (κ2) is 10.4. The molecule has 11 heteroatoms. The van der Waals surface area contributed by atoms with Crippen molar-refractivity contribution in [1.29, 1.82) is 0 Å². The molecule has 0 aliphatic rings. The van der Waals surface area contributed by atoms with Crippen molar-refractivity contribution in [3.8, 4) is 11.5 Å². The van der Waals surface area contributed by atoms with E-state index in [1.807, 2.05) is 0 Å². The lowest BCUT2D eigenvalue weighted by molar-refractivity contribution is -0.136. The highest BCUT2D eigenvalue weighted by atomic mass is 19.3. The number of benzene rings is 2. The molecule has 0 spiro atoms. The van der Waals surface area contributed by atoms with Crippen LogP contribution in [-0.2, 0) is 17.8 Å². The molecule has 2 aromatic carbocycles. The van der Waals surface area contributed by atoms with Crippen LogP contribution in [0.25, 0.3) is 0 Å². The summed E-state index contributed by atoms with van der Waals surface area (Å²) in [6.45, 7) is -6.33. The smallest absolute Gasteiger partial charge is 0.387 e. The quantitative estimate of drug-likeness (QED) is 0.450. The molecule has 1 aromatic heterocycles. The van der Waals surface area contributed by atoms with E-state index in [1.165, 1.54) is 12.4 Å². The van der Waals surface area contributed by atoms with Gasteiger partial charge >= 0.3 is 19.2 Å². The molecule has 7 nitrogen and oxygen atoms in total. The Kier molecular flexibility index (Phi) is 7.42. The zero-order valence-electron chi connectivity index (χ0n) is 16.4. The summed E-state index contributed by atoms with van der Waals surface area (Å²) in [6, 6.07) is 10.2. The Bertz CT molecular complexity index is 1050. The molecule has 0 radical (unpaired) electrons. The van der Waals surface area contributed by atoms with Crippen molar-refractivity contribution in [2.45, 2.75) is 26.2 Å². The van der Waals surface area contributed by atoms with Gasteiger partial charge in [-0.3, -0.25) is 4.79 Å². The fourth-order valence-electron chi connectivity index (χ4n) is 2.98. The van der Waals surface area contributed by atoms with Gasteiger partial charge in [0.2, 0.25) is 0 Å². The standard InChI is InChI=1S/C21H17F4N3O4/c22-20(23)31-17-5-4-16(8-18(17)32-21(24)25)28(11-14-9-26-12-27-10-14)15-3-1-2-13(6-15)7-19(29)30/h1-6,8-10,12,20-21H,7,11H2,(H,29,30). The fourth-order valence-corrected chi connectivity index (χ4v) is 2.98. The maximum Gasteiger partial charge on any atom is 0.387 e. The number of carbonyl (C=O) groups is 1. The summed E-state index contributed by atoms with van der Waals surface area (Å²) in [6.07, 6.45) is 4.21. The number of alkyl halides is 4. The number of aliphatic carboxylic acids is 1. The largest absolute Gasteiger partial charge is 0.481 e. The first-order valence-corrected chi connectivity index (χ1v) is 9.17. The molecule has 0 saturated heterocycles. The van der Waals surface area contributed by atoms with Crippen LogP contribution in [0.1, 0.15) is 11.1 Å². The van der Waals surface area contributed by atoms with Crippen LogP contribution < -0.4 is 14.4 Å². The molecule has 3 rings (SSSR count). The second-order valence-electron chi connectivity index (χ2n) is 6.46. The summed E-state index contributed by atoms with van der Waals surface area (Å²) in [5.74, 6) is -2.15. The molecule has 0 amide bonds. The number of rotatable bonds is 10. The molecule has 0 aliphatic carbocycles. The monoisotopic (exact) mass is 451 g/mol. The van der Waals surface area contributed by atoms with Gasteiger partial charge in [-0.2, -0.15) is 17.6 Å². The predicted molar refractivity (Wildman–Crippen MR) is 105 cm³/mol. The number of carboxylic acid groups (broad SMARTS) is 1. The van der Waals surface area contributed by atoms with Crippen LogP contribution in [0.4, 0.5) is 28.9 Å². The summed E-state index contributed by atoms with van der Waals surface area (Å²) >= 11 is 0. The summed E-state index contributed by atoms with van der Waals surface area (Å²) < 4.78 is 59.7. The van der Waals surface area contributed by atoms with Crippen LogP contribution in [0.3, 0.4) is 0 Å². The van der Waals surface area contributed by atoms with Crippen molar-refractivity contribution in [2.24, 2.45) is 0 Å². The Hall–Kier alpha value is -3.89. The third-order valence-corrected chi connectivity index (χ3v) is 4.20. The van der Waals surface area contributed by atoms with Crippen LogP contribution in [0, 0.1) is 0 Å². The Morgan fingerprint density at radius 3 is 2.22 bits per heavy atom. The van der Waals surface area contributed by atoms with Gasteiger partial charge in [0, 0.05) is 35.4 Å². The third kappa shape index (κ3) is 6.30. The minimum absolute atomic E-state index is 0.167. The Balaban J connectivity index is 2.05. The van der Waals surface area contributed by atoms with Gasteiger partial charge < -0.3 is 19.5 Å². The van der Waals surface area contributed by atoms with E-state index >= 15 is 0 Å². The number of ether oxygens (including phenoxy) is 2. The summed E-state index contributed by atoms with van der Waals surface area (Å²) in [7, 11) is 0. The van der Waals surface area contributed by atoms with Crippen molar-refractivity contribution in [1.82, 2.24) is 9.97 Å². The minimum atomic E-state index is -3.26. The molecule has 1 N–H and O–H groups in total. The van der Waals surface area contributed by atoms with E-state index in [9.17, 15) is 22.4 Å². The number of carboxylic acids is 1. The van der Waals surface area contributed by atoms with Crippen molar-refractivity contribution < 1.29 is 36.9 Å². The SMILES string of the molecule is O=C(O)Cc1cccc(N(Cc2cncnc2)c2ccc(OC(F)F)c(OC(F)F)c2)c1. The van der Waals surface area contributed by atoms with Crippen molar-refractivity contribution in [3.05, 3.63) is 72.3 Å². The van der Waals surface area contributed by atoms with Gasteiger partial charge in [-0.25, -0.2) is 9.97 Å². The number of hydrogen-bond donors (Lipinski definition) is 1. The van der Waals surface area contributed by atoms with Crippen LogP contribution in [-0.4, -0.2) is 34.3 Å². The van der Waals surface area contributed by atoms with Gasteiger partial charge in [-0.05, 0) is 29.8 Å². The van der Waals surface area contributed by atoms with E-state index in [2.05, 4.69) is 19.4 Å². The molecule has 0 saturated carbocycles. The van der Waals surface area contributed by atoms with Crippen LogP contribution >= 0.6 is 0 Å². The first-order valence-electron chi connectivity index (χ1n) is 9.17. The first-order chi connectivity index (χ1) is 15.3. The van der Waals surface area contributed by atoms with Gasteiger partial charge in [0.25, 0.3) is 0 Å². The summed E-state index contributed by atoms with van der Waals surface area (Å²) in [5.41, 5.74) is 1.99. The van der Waals surface area contributed by atoms with Crippen LogP contribution in [0.5, 0.6) is 11.5 Å². The van der Waals surface area contributed by atoms with Gasteiger partial charge in [0.15, 0.2) is 11.5 Å². The maximum absolute atomic E-state index is 12.9. The van der Waals surface area contributed by atoms with E-state index in [1.54, 1.807) is 41.6 Å². The van der Waals surface area contributed by atoms with Gasteiger partial charge in [-0.1, -0.05) is 12.1 Å². The first kappa shape index (κ1) is 22.8. The second-order valence-corrected chi connectivity index (χ2v) is 6.46. The Labute approximate surface area is 179 Å². The van der Waals surface area contributed by atoms with Gasteiger partial charge in [0.1, 0.15) is 6.33 Å². The van der Waals surface area contributed by atoms with E-state index in [0.717, 1.165) is 12.1 Å². The average molecular weight is 451 g/mol. The van der Waals surface area contributed by atoms with E-state index in [4.69, 9.17) is 5.11 Å². The van der Waals surface area contributed by atoms with E-state index in [0.29, 0.717) is 22.5 Å². The highest BCUT2D eigenvalue weighted by molar-refractivity contribution is 5.72. The summed E-state index contributed by atoms with van der Waals surface area (Å²) in [4.78, 5) is 20.6. The summed E-state index contributed by atoms with van der Waals surface area (Å²) in [5, 5.41) is 9.08. The molecule has 32 heavy (non-hydrogen) atoms. The molecule has 0 fully saturated rings. The molecular weight excluding hydrogens is 434 g/mol. The normalized spacial score (nSPS) is 10.9. The molecule has 0 bridgehead atoms. The van der Waals surface area contributed by atoms with E-state index in [-0.39, 0.29) is 13.0 Å². The lowest BCUT2D eigenvalue weighted by Crippen LogP contribution is -2.18. The van der Waals surface area contributed by atoms with Crippen LogP contribution in [0.15, 0.2) is 61.2 Å². The number of halogens is 4. The minimum Gasteiger partial charge on any atom is -0.481 e. The lowest BCUT2D eigenvalue weighted by atomic mass is 10.1. The molecule has 168 valence electrons. The average Bonchev–Trinajstić information content (AvgIpc) is 2.73. The number of anilines is 2. The highest BCUT2D eigenvalue weighted by Crippen LogP contribution is 2.37. The molecule has 3 aromatic rings. The van der Waals surface area contributed by atoms with Crippen molar-refractivity contribution >= 4 is 17.3 Å². The van der Waals surface area contributed by atoms with Crippen molar-refractivity contribution in [3.63, 3.8) is 0 Å². The molecule has 1 heterocycles. The van der Waals surface area contributed by atoms with Gasteiger partial charge in [0.05, 0.1) is 13.0 Å². The molecule has 0 atom stereocenters. The third-order valence-electron chi connectivity index (χ3n) is 4.20. The Morgan fingerprint density at radius 2 is 1.56 bits per heavy atom. The van der Waals surface area contributed by atoms with Crippen molar-refractivity contribution in [2.75, 3.05) is 4.90 Å². The lowest BCUT2D eigenvalue weighted by Gasteiger charge is -2.26.